The van der Waals surface area contributed by atoms with Crippen LogP contribution in [0.15, 0.2) is 59.5 Å². The second-order valence-corrected chi connectivity index (χ2v) is 9.00. The van der Waals surface area contributed by atoms with Crippen molar-refractivity contribution >= 4 is 15.7 Å². The number of nitrogens with zero attached hydrogens (tertiary/aromatic N) is 1. The van der Waals surface area contributed by atoms with Crippen LogP contribution in [0.25, 0.3) is 0 Å². The van der Waals surface area contributed by atoms with Gasteiger partial charge in [0.1, 0.15) is 0 Å². The molecule has 0 saturated carbocycles. The van der Waals surface area contributed by atoms with Gasteiger partial charge in [-0.25, -0.2) is 8.42 Å². The molecule has 26 heavy (non-hydrogen) atoms. The van der Waals surface area contributed by atoms with Crippen LogP contribution < -0.4 is 11.5 Å². The largest absolute Gasteiger partial charge is 0.399 e. The minimum atomic E-state index is -3.56. The van der Waals surface area contributed by atoms with E-state index in [2.05, 4.69) is 0 Å². The molecule has 2 rings (SSSR count). The molecule has 0 aliphatic carbocycles. The van der Waals surface area contributed by atoms with E-state index in [4.69, 9.17) is 11.5 Å². The molecule has 0 aromatic heterocycles. The van der Waals surface area contributed by atoms with Crippen LogP contribution >= 0.6 is 0 Å². The van der Waals surface area contributed by atoms with Gasteiger partial charge in [0.25, 0.3) is 0 Å². The lowest BCUT2D eigenvalue weighted by molar-refractivity contribution is 0.351. The van der Waals surface area contributed by atoms with E-state index in [0.29, 0.717) is 25.2 Å². The quantitative estimate of drug-likeness (QED) is 0.660. The third-order valence-corrected chi connectivity index (χ3v) is 6.06. The van der Waals surface area contributed by atoms with E-state index in [1.54, 1.807) is 24.3 Å². The maximum Gasteiger partial charge on any atom is 0.243 e. The van der Waals surface area contributed by atoms with Crippen molar-refractivity contribution < 1.29 is 8.42 Å². The maximum absolute atomic E-state index is 13.0. The van der Waals surface area contributed by atoms with Crippen LogP contribution in [0.1, 0.15) is 25.8 Å². The zero-order chi connectivity index (χ0) is 19.2. The highest BCUT2D eigenvalue weighted by molar-refractivity contribution is 7.89. The molecule has 0 heterocycles. The van der Waals surface area contributed by atoms with Crippen LogP contribution in [0.5, 0.6) is 0 Å². The standard InChI is InChI=1S/C20H29N3O2S/c1-16(2)15-23(26(24,25)20-10-8-18(21)9-11-20)13-12-19(22)14-17-6-4-3-5-7-17/h3-11,16,19H,12-15,21-22H2,1-2H3/t19-/m1/s1. The van der Waals surface area contributed by atoms with Gasteiger partial charge in [-0.2, -0.15) is 4.31 Å². The molecular weight excluding hydrogens is 346 g/mol. The third-order valence-electron chi connectivity index (χ3n) is 4.18. The highest BCUT2D eigenvalue weighted by atomic mass is 32.2. The lowest BCUT2D eigenvalue weighted by Crippen LogP contribution is -2.38. The van der Waals surface area contributed by atoms with Crippen molar-refractivity contribution in [2.45, 2.75) is 37.6 Å². The van der Waals surface area contributed by atoms with E-state index in [9.17, 15) is 8.42 Å². The lowest BCUT2D eigenvalue weighted by atomic mass is 10.0. The Morgan fingerprint density at radius 2 is 1.62 bits per heavy atom. The Balaban J connectivity index is 2.07. The molecule has 5 nitrogen and oxygen atoms in total. The smallest absolute Gasteiger partial charge is 0.243 e. The van der Waals surface area contributed by atoms with Gasteiger partial charge in [-0.3, -0.25) is 0 Å². The zero-order valence-electron chi connectivity index (χ0n) is 15.5. The van der Waals surface area contributed by atoms with Gasteiger partial charge in [-0.1, -0.05) is 44.2 Å². The van der Waals surface area contributed by atoms with Crippen LogP contribution in [0, 0.1) is 5.92 Å². The normalized spacial score (nSPS) is 13.3. The molecule has 0 saturated heterocycles. The molecule has 2 aromatic carbocycles. The van der Waals surface area contributed by atoms with Crippen molar-refractivity contribution in [1.29, 1.82) is 0 Å². The van der Waals surface area contributed by atoms with E-state index in [-0.39, 0.29) is 16.9 Å². The van der Waals surface area contributed by atoms with E-state index < -0.39 is 10.0 Å². The van der Waals surface area contributed by atoms with Crippen molar-refractivity contribution in [3.05, 3.63) is 60.2 Å². The number of nitrogens with two attached hydrogens (primary N) is 2. The number of anilines is 1. The van der Waals surface area contributed by atoms with E-state index in [1.165, 1.54) is 4.31 Å². The van der Waals surface area contributed by atoms with Crippen LogP contribution in [-0.2, 0) is 16.4 Å². The topological polar surface area (TPSA) is 89.4 Å². The Bertz CT molecular complexity index is 774. The molecule has 6 heteroatoms. The Hall–Kier alpha value is -1.89. The Kier molecular flexibility index (Phi) is 7.20. The van der Waals surface area contributed by atoms with E-state index in [1.807, 2.05) is 44.2 Å². The molecule has 0 aliphatic heterocycles. The Morgan fingerprint density at radius 3 is 2.19 bits per heavy atom. The minimum Gasteiger partial charge on any atom is -0.399 e. The average molecular weight is 376 g/mol. The first kappa shape index (κ1) is 20.4. The zero-order valence-corrected chi connectivity index (χ0v) is 16.3. The predicted octanol–water partition coefficient (Wildman–Crippen LogP) is 2.88. The summed E-state index contributed by atoms with van der Waals surface area (Å²) in [6.07, 6.45) is 1.34. The van der Waals surface area contributed by atoms with Gasteiger partial charge in [0.2, 0.25) is 10.0 Å². The number of hydrogen-bond donors (Lipinski definition) is 2. The summed E-state index contributed by atoms with van der Waals surface area (Å²) in [4.78, 5) is 0.268. The summed E-state index contributed by atoms with van der Waals surface area (Å²) < 4.78 is 27.5. The number of sulfonamides is 1. The molecule has 0 radical (unpaired) electrons. The van der Waals surface area contributed by atoms with Crippen molar-refractivity contribution in [1.82, 2.24) is 4.31 Å². The fourth-order valence-electron chi connectivity index (χ4n) is 2.83. The summed E-state index contributed by atoms with van der Waals surface area (Å²) in [7, 11) is -3.56. The maximum atomic E-state index is 13.0. The van der Waals surface area contributed by atoms with E-state index >= 15 is 0 Å². The van der Waals surface area contributed by atoms with Gasteiger partial charge < -0.3 is 11.5 Å². The molecule has 4 N–H and O–H groups in total. The van der Waals surface area contributed by atoms with Gasteiger partial charge >= 0.3 is 0 Å². The summed E-state index contributed by atoms with van der Waals surface area (Å²) in [5.41, 5.74) is 13.6. The summed E-state index contributed by atoms with van der Waals surface area (Å²) in [6.45, 7) is 4.88. The van der Waals surface area contributed by atoms with Crippen molar-refractivity contribution in [3.8, 4) is 0 Å². The molecule has 142 valence electrons. The lowest BCUT2D eigenvalue weighted by Gasteiger charge is -2.25. The summed E-state index contributed by atoms with van der Waals surface area (Å²) in [5.74, 6) is 0.226. The molecule has 0 bridgehead atoms. The molecule has 2 aromatic rings. The summed E-state index contributed by atoms with van der Waals surface area (Å²) in [5, 5.41) is 0. The highest BCUT2D eigenvalue weighted by Gasteiger charge is 2.25. The Morgan fingerprint density at radius 1 is 1.00 bits per heavy atom. The van der Waals surface area contributed by atoms with Gasteiger partial charge in [-0.05, 0) is 48.6 Å². The molecule has 1 atom stereocenters. The van der Waals surface area contributed by atoms with Crippen LogP contribution in [-0.4, -0.2) is 31.9 Å². The molecule has 0 fully saturated rings. The fourth-order valence-corrected chi connectivity index (χ4v) is 4.45. The molecule has 0 aliphatic rings. The number of nitrogen functional groups attached to an aromatic ring is 1. The fraction of sp³-hybridized carbons (Fsp3) is 0.400. The van der Waals surface area contributed by atoms with Crippen LogP contribution in [0.2, 0.25) is 0 Å². The van der Waals surface area contributed by atoms with E-state index in [0.717, 1.165) is 12.0 Å². The number of rotatable bonds is 9. The molecule has 0 spiro atoms. The number of benzene rings is 2. The number of hydrogen-bond acceptors (Lipinski definition) is 4. The first-order chi connectivity index (χ1) is 12.3. The SMILES string of the molecule is CC(C)CN(CC[C@@H](N)Cc1ccccc1)S(=O)(=O)c1ccc(N)cc1. The first-order valence-corrected chi connectivity index (χ1v) is 10.4. The van der Waals surface area contributed by atoms with Crippen molar-refractivity contribution in [2.24, 2.45) is 11.7 Å². The van der Waals surface area contributed by atoms with Gasteiger partial charge in [0.05, 0.1) is 4.90 Å². The summed E-state index contributed by atoms with van der Waals surface area (Å²) in [6, 6.07) is 16.3. The van der Waals surface area contributed by atoms with Gasteiger partial charge in [0.15, 0.2) is 0 Å². The van der Waals surface area contributed by atoms with Crippen molar-refractivity contribution in [3.63, 3.8) is 0 Å². The third kappa shape index (κ3) is 5.83. The monoisotopic (exact) mass is 375 g/mol. The average Bonchev–Trinajstić information content (AvgIpc) is 2.59. The molecule has 0 unspecified atom stereocenters. The second-order valence-electron chi connectivity index (χ2n) is 7.06. The molecule has 0 amide bonds. The molecular formula is C20H29N3O2S. The first-order valence-electron chi connectivity index (χ1n) is 8.94. The van der Waals surface area contributed by atoms with Crippen LogP contribution in [0.4, 0.5) is 5.69 Å². The van der Waals surface area contributed by atoms with Gasteiger partial charge in [-0.15, -0.1) is 0 Å². The minimum absolute atomic E-state index is 0.0892. The van der Waals surface area contributed by atoms with Gasteiger partial charge in [0, 0.05) is 24.8 Å². The predicted molar refractivity (Wildman–Crippen MR) is 107 cm³/mol. The highest BCUT2D eigenvalue weighted by Crippen LogP contribution is 2.19. The summed E-state index contributed by atoms with van der Waals surface area (Å²) >= 11 is 0. The van der Waals surface area contributed by atoms with Crippen molar-refractivity contribution in [2.75, 3.05) is 18.8 Å². The second kappa shape index (κ2) is 9.16. The Labute approximate surface area is 157 Å². The van der Waals surface area contributed by atoms with Crippen LogP contribution in [0.3, 0.4) is 0 Å².